The minimum Gasteiger partial charge on any atom is -0.492 e. The largest absolute Gasteiger partial charge is 0.492 e. The van der Waals surface area contributed by atoms with Crippen LogP contribution < -0.4 is 15.4 Å². The van der Waals surface area contributed by atoms with Crippen molar-refractivity contribution in [3.05, 3.63) is 72.2 Å². The van der Waals surface area contributed by atoms with E-state index in [2.05, 4.69) is 10.6 Å². The minimum absolute atomic E-state index is 0.0324. The molecule has 1 aliphatic rings. The Kier molecular flexibility index (Phi) is 6.99. The predicted octanol–water partition coefficient (Wildman–Crippen LogP) is 3.97. The normalized spacial score (nSPS) is 14.0. The third-order valence-electron chi connectivity index (χ3n) is 5.33. The van der Waals surface area contributed by atoms with Gasteiger partial charge < -0.3 is 19.8 Å². The summed E-state index contributed by atoms with van der Waals surface area (Å²) in [5, 5.41) is 5.41. The summed E-state index contributed by atoms with van der Waals surface area (Å²) in [4.78, 5) is 24.9. The third kappa shape index (κ3) is 5.13. The van der Waals surface area contributed by atoms with Gasteiger partial charge in [0, 0.05) is 30.0 Å². The molecule has 0 bridgehead atoms. The molecule has 9 nitrogen and oxygen atoms in total. The first-order valence-electron chi connectivity index (χ1n) is 10.9. The SMILES string of the molecule is CCOc1ccc(NC(=O)c2ccc(NC(=O)c3ccco3)cc2)cc1S(=O)(=O)N1CCCC1. The van der Waals surface area contributed by atoms with Crippen molar-refractivity contribution in [3.8, 4) is 5.75 Å². The second kappa shape index (κ2) is 10.1. The van der Waals surface area contributed by atoms with E-state index < -0.39 is 21.8 Å². The Morgan fingerprint density at radius 3 is 2.29 bits per heavy atom. The Hall–Kier alpha value is -3.63. The van der Waals surface area contributed by atoms with E-state index in [9.17, 15) is 18.0 Å². The molecule has 2 aromatic carbocycles. The zero-order valence-electron chi connectivity index (χ0n) is 18.6. The van der Waals surface area contributed by atoms with Crippen LogP contribution in [0.15, 0.2) is 70.2 Å². The summed E-state index contributed by atoms with van der Waals surface area (Å²) >= 11 is 0. The topological polar surface area (TPSA) is 118 Å². The lowest BCUT2D eigenvalue weighted by Gasteiger charge is -2.19. The first kappa shape index (κ1) is 23.5. The van der Waals surface area contributed by atoms with Crippen LogP contribution in [-0.4, -0.2) is 44.2 Å². The third-order valence-corrected chi connectivity index (χ3v) is 7.25. The van der Waals surface area contributed by atoms with Crippen LogP contribution in [0, 0.1) is 0 Å². The molecular formula is C24H25N3O6S. The van der Waals surface area contributed by atoms with Crippen molar-refractivity contribution in [2.45, 2.75) is 24.7 Å². The highest BCUT2D eigenvalue weighted by Gasteiger charge is 2.30. The Morgan fingerprint density at radius 2 is 1.65 bits per heavy atom. The van der Waals surface area contributed by atoms with Crippen molar-refractivity contribution < 1.29 is 27.2 Å². The van der Waals surface area contributed by atoms with Gasteiger partial charge in [-0.3, -0.25) is 9.59 Å². The van der Waals surface area contributed by atoms with Gasteiger partial charge in [0.05, 0.1) is 12.9 Å². The Balaban J connectivity index is 1.49. The van der Waals surface area contributed by atoms with Crippen LogP contribution >= 0.6 is 0 Å². The highest BCUT2D eigenvalue weighted by atomic mass is 32.2. The van der Waals surface area contributed by atoms with E-state index in [0.29, 0.717) is 36.6 Å². The number of hydrogen-bond donors (Lipinski definition) is 2. The molecule has 2 amide bonds. The van der Waals surface area contributed by atoms with E-state index in [4.69, 9.17) is 9.15 Å². The Bertz CT molecular complexity index is 1260. The minimum atomic E-state index is -3.74. The van der Waals surface area contributed by atoms with Crippen molar-refractivity contribution >= 4 is 33.2 Å². The number of amides is 2. The molecule has 0 unspecified atom stereocenters. The summed E-state index contributed by atoms with van der Waals surface area (Å²) in [5.41, 5.74) is 1.17. The van der Waals surface area contributed by atoms with Crippen molar-refractivity contribution in [1.82, 2.24) is 4.31 Å². The zero-order valence-corrected chi connectivity index (χ0v) is 19.4. The number of carbonyl (C=O) groups is 2. The number of nitrogens with zero attached hydrogens (tertiary/aromatic N) is 1. The summed E-state index contributed by atoms with van der Waals surface area (Å²) in [7, 11) is -3.74. The Morgan fingerprint density at radius 1 is 0.971 bits per heavy atom. The van der Waals surface area contributed by atoms with E-state index in [1.165, 1.54) is 16.6 Å². The molecule has 0 aliphatic carbocycles. The van der Waals surface area contributed by atoms with Gasteiger partial charge in [-0.1, -0.05) is 0 Å². The number of carbonyl (C=O) groups excluding carboxylic acids is 2. The van der Waals surface area contributed by atoms with Gasteiger partial charge in [-0.2, -0.15) is 4.31 Å². The van der Waals surface area contributed by atoms with Crippen LogP contribution in [0.2, 0.25) is 0 Å². The van der Waals surface area contributed by atoms with Crippen LogP contribution in [0.3, 0.4) is 0 Å². The van der Waals surface area contributed by atoms with E-state index in [-0.39, 0.29) is 16.4 Å². The lowest BCUT2D eigenvalue weighted by Crippen LogP contribution is -2.28. The maximum atomic E-state index is 13.1. The number of rotatable bonds is 8. The molecule has 10 heteroatoms. The van der Waals surface area contributed by atoms with Crippen molar-refractivity contribution in [2.75, 3.05) is 30.3 Å². The predicted molar refractivity (Wildman–Crippen MR) is 127 cm³/mol. The molecule has 0 spiro atoms. The molecule has 0 saturated carbocycles. The number of hydrogen-bond acceptors (Lipinski definition) is 6. The summed E-state index contributed by atoms with van der Waals surface area (Å²) < 4.78 is 38.3. The molecule has 178 valence electrons. The van der Waals surface area contributed by atoms with Crippen LogP contribution in [0.1, 0.15) is 40.7 Å². The van der Waals surface area contributed by atoms with Gasteiger partial charge in [-0.25, -0.2) is 8.42 Å². The molecule has 0 atom stereocenters. The van der Waals surface area contributed by atoms with Crippen molar-refractivity contribution in [2.24, 2.45) is 0 Å². The monoisotopic (exact) mass is 483 g/mol. The van der Waals surface area contributed by atoms with Gasteiger partial charge in [0.25, 0.3) is 11.8 Å². The Labute approximate surface area is 197 Å². The zero-order chi connectivity index (χ0) is 24.1. The number of anilines is 2. The van der Waals surface area contributed by atoms with Gasteiger partial charge in [0.1, 0.15) is 10.6 Å². The molecule has 2 heterocycles. The molecule has 1 aromatic heterocycles. The molecule has 34 heavy (non-hydrogen) atoms. The quantitative estimate of drug-likeness (QED) is 0.501. The standard InChI is InChI=1S/C24H25N3O6S/c1-2-32-20-12-11-19(16-22(20)34(30,31)27-13-3-4-14-27)26-23(28)17-7-9-18(10-8-17)25-24(29)21-6-5-15-33-21/h5-12,15-16H,2-4,13-14H2,1H3,(H,25,29)(H,26,28). The summed E-state index contributed by atoms with van der Waals surface area (Å²) in [6.45, 7) is 3.03. The van der Waals surface area contributed by atoms with Gasteiger partial charge >= 0.3 is 0 Å². The van der Waals surface area contributed by atoms with E-state index in [1.807, 2.05) is 0 Å². The lowest BCUT2D eigenvalue weighted by atomic mass is 10.2. The highest BCUT2D eigenvalue weighted by molar-refractivity contribution is 7.89. The maximum absolute atomic E-state index is 13.1. The fraction of sp³-hybridized carbons (Fsp3) is 0.250. The molecule has 2 N–H and O–H groups in total. The molecule has 0 radical (unpaired) electrons. The second-order valence-corrected chi connectivity index (χ2v) is 9.57. The van der Waals surface area contributed by atoms with Gasteiger partial charge in [0.2, 0.25) is 10.0 Å². The number of furan rings is 1. The summed E-state index contributed by atoms with van der Waals surface area (Å²) in [6.07, 6.45) is 3.04. The molecular weight excluding hydrogens is 458 g/mol. The van der Waals surface area contributed by atoms with Gasteiger partial charge in [0.15, 0.2) is 5.76 Å². The number of sulfonamides is 1. The lowest BCUT2D eigenvalue weighted by molar-refractivity contribution is 0.0995. The first-order valence-corrected chi connectivity index (χ1v) is 12.4. The number of nitrogens with one attached hydrogen (secondary N) is 2. The maximum Gasteiger partial charge on any atom is 0.291 e. The summed E-state index contributed by atoms with van der Waals surface area (Å²) in [6, 6.07) is 14.0. The molecule has 1 saturated heterocycles. The molecule has 3 aromatic rings. The smallest absolute Gasteiger partial charge is 0.291 e. The van der Waals surface area contributed by atoms with Crippen molar-refractivity contribution in [3.63, 3.8) is 0 Å². The highest BCUT2D eigenvalue weighted by Crippen LogP contribution is 2.32. The summed E-state index contributed by atoms with van der Waals surface area (Å²) in [5.74, 6) is -0.387. The van der Waals surface area contributed by atoms with Crippen LogP contribution in [0.5, 0.6) is 5.75 Å². The van der Waals surface area contributed by atoms with Crippen LogP contribution in [-0.2, 0) is 10.0 Å². The average molecular weight is 484 g/mol. The van der Waals surface area contributed by atoms with E-state index >= 15 is 0 Å². The van der Waals surface area contributed by atoms with E-state index in [0.717, 1.165) is 12.8 Å². The van der Waals surface area contributed by atoms with Crippen molar-refractivity contribution in [1.29, 1.82) is 0 Å². The number of ether oxygens (including phenoxy) is 1. The molecule has 1 aliphatic heterocycles. The van der Waals surface area contributed by atoms with Crippen LogP contribution in [0.25, 0.3) is 0 Å². The van der Waals surface area contributed by atoms with Gasteiger partial charge in [-0.05, 0) is 74.4 Å². The molecule has 1 fully saturated rings. The van der Waals surface area contributed by atoms with Crippen LogP contribution in [0.4, 0.5) is 11.4 Å². The first-order chi connectivity index (χ1) is 16.4. The van der Waals surface area contributed by atoms with E-state index in [1.54, 1.807) is 55.5 Å². The fourth-order valence-electron chi connectivity index (χ4n) is 3.64. The number of benzene rings is 2. The van der Waals surface area contributed by atoms with Gasteiger partial charge in [-0.15, -0.1) is 0 Å². The average Bonchev–Trinajstić information content (AvgIpc) is 3.55. The molecule has 4 rings (SSSR count). The second-order valence-electron chi connectivity index (χ2n) is 7.67. The fourth-order valence-corrected chi connectivity index (χ4v) is 5.31.